The van der Waals surface area contributed by atoms with Crippen LogP contribution in [0.25, 0.3) is 5.76 Å². The first-order valence-corrected chi connectivity index (χ1v) is 11.2. The molecule has 7 heteroatoms. The summed E-state index contributed by atoms with van der Waals surface area (Å²) < 4.78 is 16.3. The molecule has 3 aromatic carbocycles. The van der Waals surface area contributed by atoms with Gasteiger partial charge in [-0.05, 0) is 55.8 Å². The van der Waals surface area contributed by atoms with Crippen LogP contribution in [-0.4, -0.2) is 37.6 Å². The largest absolute Gasteiger partial charge is 0.507 e. The van der Waals surface area contributed by atoms with E-state index in [9.17, 15) is 14.7 Å². The number of carbonyl (C=O) groups is 2. The molecule has 0 aromatic heterocycles. The average Bonchev–Trinajstić information content (AvgIpc) is 3.14. The van der Waals surface area contributed by atoms with E-state index in [1.54, 1.807) is 54.6 Å². The maximum Gasteiger partial charge on any atom is 0.300 e. The Balaban J connectivity index is 1.92. The lowest BCUT2D eigenvalue weighted by Gasteiger charge is -2.26. The first kappa shape index (κ1) is 23.9. The number of nitrogens with zero attached hydrogens (tertiary/aromatic N) is 1. The molecule has 1 heterocycles. The Morgan fingerprint density at radius 3 is 2.17 bits per heavy atom. The zero-order valence-corrected chi connectivity index (χ0v) is 20.1. The van der Waals surface area contributed by atoms with Crippen LogP contribution in [0.15, 0.2) is 72.3 Å². The lowest BCUT2D eigenvalue weighted by Crippen LogP contribution is -2.29. The van der Waals surface area contributed by atoms with E-state index in [1.165, 1.54) is 19.1 Å². The topological polar surface area (TPSA) is 85.3 Å². The number of Topliss-reactive ketones (excluding diaryl/α,β-unsaturated/α-hetero) is 1. The van der Waals surface area contributed by atoms with Crippen LogP contribution in [0.5, 0.6) is 17.2 Å². The molecule has 0 spiro atoms. The molecule has 0 radical (unpaired) electrons. The molecule has 1 N–H and O–H groups in total. The summed E-state index contributed by atoms with van der Waals surface area (Å²) in [4.78, 5) is 28.0. The van der Waals surface area contributed by atoms with Crippen molar-refractivity contribution in [3.8, 4) is 17.2 Å². The van der Waals surface area contributed by atoms with Crippen molar-refractivity contribution in [2.45, 2.75) is 19.9 Å². The molecule has 1 saturated heterocycles. The lowest BCUT2D eigenvalue weighted by molar-refractivity contribution is -0.132. The highest BCUT2D eigenvalue weighted by Crippen LogP contribution is 2.44. The molecular formula is C28H27NO6. The molecule has 1 fully saturated rings. The highest BCUT2D eigenvalue weighted by molar-refractivity contribution is 6.51. The molecule has 1 aliphatic rings. The van der Waals surface area contributed by atoms with Crippen LogP contribution in [-0.2, 0) is 9.59 Å². The Bertz CT molecular complexity index is 1280. The first-order chi connectivity index (χ1) is 16.9. The van der Waals surface area contributed by atoms with Gasteiger partial charge in [-0.3, -0.25) is 14.5 Å². The van der Waals surface area contributed by atoms with Gasteiger partial charge in [0.1, 0.15) is 11.5 Å². The third-order valence-corrected chi connectivity index (χ3v) is 5.92. The summed E-state index contributed by atoms with van der Waals surface area (Å²) in [6, 6.07) is 18.3. The number of methoxy groups -OCH3 is 2. The van der Waals surface area contributed by atoms with Crippen LogP contribution >= 0.6 is 0 Å². The number of anilines is 1. The lowest BCUT2D eigenvalue weighted by atomic mass is 9.94. The molecule has 180 valence electrons. The SMILES string of the molecule is CCOc1ccc(N2C(=O)C(=O)/C(=C(\O)c3ccc(C)cc3)C2c2ccc(OC)c(OC)c2)cc1. The number of hydrogen-bond acceptors (Lipinski definition) is 6. The predicted molar refractivity (Wildman–Crippen MR) is 133 cm³/mol. The van der Waals surface area contributed by atoms with Gasteiger partial charge in [-0.1, -0.05) is 35.9 Å². The number of carbonyl (C=O) groups excluding carboxylic acids is 2. The number of amides is 1. The van der Waals surface area contributed by atoms with Crippen molar-refractivity contribution in [1.82, 2.24) is 0 Å². The van der Waals surface area contributed by atoms with Crippen molar-refractivity contribution < 1.29 is 28.9 Å². The number of benzene rings is 3. The summed E-state index contributed by atoms with van der Waals surface area (Å²) in [5, 5.41) is 11.2. The number of aliphatic hydroxyl groups excluding tert-OH is 1. The molecule has 0 aliphatic carbocycles. The number of ether oxygens (including phenoxy) is 3. The smallest absolute Gasteiger partial charge is 0.300 e. The second kappa shape index (κ2) is 9.93. The minimum absolute atomic E-state index is 0.0000392. The van der Waals surface area contributed by atoms with Crippen molar-refractivity contribution >= 4 is 23.1 Å². The van der Waals surface area contributed by atoms with Crippen molar-refractivity contribution in [3.63, 3.8) is 0 Å². The van der Waals surface area contributed by atoms with Gasteiger partial charge >= 0.3 is 0 Å². The van der Waals surface area contributed by atoms with Crippen molar-refractivity contribution in [3.05, 3.63) is 89.0 Å². The van der Waals surface area contributed by atoms with Gasteiger partial charge in [-0.15, -0.1) is 0 Å². The number of hydrogen-bond donors (Lipinski definition) is 1. The average molecular weight is 474 g/mol. The minimum atomic E-state index is -0.881. The Morgan fingerprint density at radius 2 is 1.57 bits per heavy atom. The van der Waals surface area contributed by atoms with E-state index < -0.39 is 17.7 Å². The van der Waals surface area contributed by atoms with Gasteiger partial charge < -0.3 is 19.3 Å². The van der Waals surface area contributed by atoms with Gasteiger partial charge in [0, 0.05) is 11.3 Å². The fourth-order valence-corrected chi connectivity index (χ4v) is 4.17. The van der Waals surface area contributed by atoms with Crippen LogP contribution in [0.1, 0.15) is 29.7 Å². The van der Waals surface area contributed by atoms with Gasteiger partial charge in [-0.25, -0.2) is 0 Å². The van der Waals surface area contributed by atoms with E-state index in [0.29, 0.717) is 40.7 Å². The van der Waals surface area contributed by atoms with Crippen LogP contribution in [0.3, 0.4) is 0 Å². The summed E-state index contributed by atoms with van der Waals surface area (Å²) in [7, 11) is 3.04. The van der Waals surface area contributed by atoms with Gasteiger partial charge in [0.15, 0.2) is 11.5 Å². The number of aliphatic hydroxyl groups is 1. The van der Waals surface area contributed by atoms with Gasteiger partial charge in [0.2, 0.25) is 0 Å². The van der Waals surface area contributed by atoms with Crippen LogP contribution < -0.4 is 19.1 Å². The summed E-state index contributed by atoms with van der Waals surface area (Å²) in [6.45, 7) is 4.32. The molecule has 7 nitrogen and oxygen atoms in total. The fraction of sp³-hybridized carbons (Fsp3) is 0.214. The van der Waals surface area contributed by atoms with E-state index in [-0.39, 0.29) is 11.3 Å². The molecule has 1 aliphatic heterocycles. The molecule has 1 unspecified atom stereocenters. The molecule has 1 atom stereocenters. The number of rotatable bonds is 7. The predicted octanol–water partition coefficient (Wildman–Crippen LogP) is 5.04. The normalized spacial score (nSPS) is 16.9. The molecule has 0 bridgehead atoms. The quantitative estimate of drug-likeness (QED) is 0.294. The number of aryl methyl sites for hydroxylation is 1. The summed E-state index contributed by atoms with van der Waals surface area (Å²) in [5.74, 6) is -0.142. The monoisotopic (exact) mass is 473 g/mol. The molecular weight excluding hydrogens is 446 g/mol. The van der Waals surface area contributed by atoms with E-state index in [1.807, 2.05) is 26.0 Å². The highest BCUT2D eigenvalue weighted by atomic mass is 16.5. The van der Waals surface area contributed by atoms with Crippen molar-refractivity contribution in [2.24, 2.45) is 0 Å². The van der Waals surface area contributed by atoms with Crippen LogP contribution in [0.4, 0.5) is 5.69 Å². The number of ketones is 1. The van der Waals surface area contributed by atoms with Crippen molar-refractivity contribution in [1.29, 1.82) is 0 Å². The summed E-state index contributed by atoms with van der Waals surface area (Å²) >= 11 is 0. The van der Waals surface area contributed by atoms with Gasteiger partial charge in [-0.2, -0.15) is 0 Å². The Kier molecular flexibility index (Phi) is 6.78. The molecule has 35 heavy (non-hydrogen) atoms. The summed E-state index contributed by atoms with van der Waals surface area (Å²) in [5.41, 5.74) is 2.54. The second-order valence-corrected chi connectivity index (χ2v) is 8.08. The van der Waals surface area contributed by atoms with E-state index in [0.717, 1.165) is 5.56 Å². The van der Waals surface area contributed by atoms with E-state index in [4.69, 9.17) is 14.2 Å². The first-order valence-electron chi connectivity index (χ1n) is 11.2. The van der Waals surface area contributed by atoms with Crippen LogP contribution in [0, 0.1) is 6.92 Å². The maximum atomic E-state index is 13.3. The molecule has 0 saturated carbocycles. The molecule has 3 aromatic rings. The third-order valence-electron chi connectivity index (χ3n) is 5.92. The third kappa shape index (κ3) is 4.45. The standard InChI is InChI=1S/C28H27NO6/c1-5-35-21-13-11-20(12-14-21)29-25(19-10-15-22(33-3)23(16-19)34-4)24(27(31)28(29)32)26(30)18-8-6-17(2)7-9-18/h6-16,25,30H,5H2,1-4H3/b26-24-. The van der Waals surface area contributed by atoms with Crippen LogP contribution in [0.2, 0.25) is 0 Å². The fourth-order valence-electron chi connectivity index (χ4n) is 4.17. The molecule has 1 amide bonds. The van der Waals surface area contributed by atoms with Crippen molar-refractivity contribution in [2.75, 3.05) is 25.7 Å². The van der Waals surface area contributed by atoms with Gasteiger partial charge in [0.25, 0.3) is 11.7 Å². The highest BCUT2D eigenvalue weighted by Gasteiger charge is 2.47. The maximum absolute atomic E-state index is 13.3. The Morgan fingerprint density at radius 1 is 0.914 bits per heavy atom. The Hall–Kier alpha value is -4.26. The zero-order chi connectivity index (χ0) is 25.1. The zero-order valence-electron chi connectivity index (χ0n) is 20.1. The Labute approximate surface area is 204 Å². The molecule has 4 rings (SSSR count). The van der Waals surface area contributed by atoms with E-state index >= 15 is 0 Å². The minimum Gasteiger partial charge on any atom is -0.507 e. The second-order valence-electron chi connectivity index (χ2n) is 8.08. The summed E-state index contributed by atoms with van der Waals surface area (Å²) in [6.07, 6.45) is 0. The van der Waals surface area contributed by atoms with E-state index in [2.05, 4.69) is 0 Å². The van der Waals surface area contributed by atoms with Gasteiger partial charge in [0.05, 0.1) is 32.4 Å².